The van der Waals surface area contributed by atoms with Gasteiger partial charge in [-0.15, -0.1) is 0 Å². The second-order valence-electron chi connectivity index (χ2n) is 4.72. The molecule has 1 heterocycles. The van der Waals surface area contributed by atoms with Gasteiger partial charge in [-0.3, -0.25) is 9.48 Å². The Labute approximate surface area is 116 Å². The van der Waals surface area contributed by atoms with Crippen LogP contribution in [0.2, 0.25) is 0 Å². The lowest BCUT2D eigenvalue weighted by atomic mass is 10.0. The molecule has 5 heteroatoms. The van der Waals surface area contributed by atoms with Crippen molar-refractivity contribution in [1.29, 1.82) is 0 Å². The summed E-state index contributed by atoms with van der Waals surface area (Å²) in [5, 5.41) is 13.5. The standard InChI is InChI=1S/C15H16N2O3/c1-10-8-11(2)17(16-10)13(15(19)20)9-14(18)12-6-4-3-5-7-12/h3-8,13H,9H2,1-2H3,(H,19,20)/t13-/m0/s1. The number of hydrogen-bond donors (Lipinski definition) is 1. The fraction of sp³-hybridized carbons (Fsp3) is 0.267. The van der Waals surface area contributed by atoms with Gasteiger partial charge in [-0.1, -0.05) is 30.3 Å². The molecule has 2 aromatic rings. The number of benzene rings is 1. The van der Waals surface area contributed by atoms with Gasteiger partial charge in [-0.25, -0.2) is 4.79 Å². The topological polar surface area (TPSA) is 72.2 Å². The zero-order chi connectivity index (χ0) is 14.7. The van der Waals surface area contributed by atoms with E-state index < -0.39 is 12.0 Å². The van der Waals surface area contributed by atoms with E-state index in [-0.39, 0.29) is 12.2 Å². The molecule has 0 saturated carbocycles. The Hall–Kier alpha value is -2.43. The molecule has 0 aliphatic rings. The van der Waals surface area contributed by atoms with Crippen LogP contribution in [0.15, 0.2) is 36.4 Å². The van der Waals surface area contributed by atoms with Gasteiger partial charge in [0, 0.05) is 17.7 Å². The molecule has 0 unspecified atom stereocenters. The molecule has 0 radical (unpaired) electrons. The molecular weight excluding hydrogens is 256 g/mol. The molecule has 1 aromatic carbocycles. The van der Waals surface area contributed by atoms with E-state index in [4.69, 9.17) is 0 Å². The van der Waals surface area contributed by atoms with Crippen molar-refractivity contribution >= 4 is 11.8 Å². The van der Waals surface area contributed by atoms with Gasteiger partial charge in [0.05, 0.1) is 5.69 Å². The highest BCUT2D eigenvalue weighted by atomic mass is 16.4. The van der Waals surface area contributed by atoms with Crippen molar-refractivity contribution in [2.75, 3.05) is 0 Å². The van der Waals surface area contributed by atoms with Crippen molar-refractivity contribution < 1.29 is 14.7 Å². The predicted molar refractivity (Wildman–Crippen MR) is 73.8 cm³/mol. The maximum Gasteiger partial charge on any atom is 0.328 e. The third-order valence-electron chi connectivity index (χ3n) is 3.10. The van der Waals surface area contributed by atoms with Crippen LogP contribution in [0, 0.1) is 13.8 Å². The van der Waals surface area contributed by atoms with E-state index in [1.54, 1.807) is 44.2 Å². The van der Waals surface area contributed by atoms with Crippen LogP contribution in [0.4, 0.5) is 0 Å². The number of hydrogen-bond acceptors (Lipinski definition) is 3. The van der Waals surface area contributed by atoms with E-state index in [0.29, 0.717) is 5.56 Å². The number of ketones is 1. The molecule has 0 spiro atoms. The molecular formula is C15H16N2O3. The number of carbonyl (C=O) groups is 2. The lowest BCUT2D eigenvalue weighted by Gasteiger charge is -2.14. The number of rotatable bonds is 5. The van der Waals surface area contributed by atoms with Crippen molar-refractivity contribution in [3.8, 4) is 0 Å². The number of aromatic nitrogens is 2. The molecule has 0 amide bonds. The smallest absolute Gasteiger partial charge is 0.328 e. The summed E-state index contributed by atoms with van der Waals surface area (Å²) >= 11 is 0. The molecule has 20 heavy (non-hydrogen) atoms. The van der Waals surface area contributed by atoms with Gasteiger partial charge in [0.15, 0.2) is 11.8 Å². The fourth-order valence-corrected chi connectivity index (χ4v) is 2.16. The summed E-state index contributed by atoms with van der Waals surface area (Å²) in [7, 11) is 0. The Balaban J connectivity index is 2.25. The van der Waals surface area contributed by atoms with Crippen molar-refractivity contribution in [3.63, 3.8) is 0 Å². The van der Waals surface area contributed by atoms with Gasteiger partial charge >= 0.3 is 5.97 Å². The highest BCUT2D eigenvalue weighted by Crippen LogP contribution is 2.18. The first-order chi connectivity index (χ1) is 9.49. The maximum absolute atomic E-state index is 12.1. The number of carboxylic acid groups (broad SMARTS) is 1. The van der Waals surface area contributed by atoms with E-state index in [1.807, 2.05) is 6.07 Å². The third kappa shape index (κ3) is 2.93. The van der Waals surface area contributed by atoms with Crippen molar-refractivity contribution in [1.82, 2.24) is 9.78 Å². The Morgan fingerprint density at radius 1 is 1.25 bits per heavy atom. The van der Waals surface area contributed by atoms with E-state index >= 15 is 0 Å². The van der Waals surface area contributed by atoms with Crippen molar-refractivity contribution in [3.05, 3.63) is 53.3 Å². The number of Topliss-reactive ketones (excluding diaryl/α,β-unsaturated/α-hetero) is 1. The van der Waals surface area contributed by atoms with Gasteiger partial charge in [0.25, 0.3) is 0 Å². The zero-order valence-electron chi connectivity index (χ0n) is 11.4. The zero-order valence-corrected chi connectivity index (χ0v) is 11.4. The molecule has 0 saturated heterocycles. The SMILES string of the molecule is Cc1cc(C)n([C@@H](CC(=O)c2ccccc2)C(=O)O)n1. The highest BCUT2D eigenvalue weighted by Gasteiger charge is 2.25. The summed E-state index contributed by atoms with van der Waals surface area (Å²) in [4.78, 5) is 23.6. The Morgan fingerprint density at radius 3 is 2.40 bits per heavy atom. The molecule has 2 rings (SSSR count). The Morgan fingerprint density at radius 2 is 1.90 bits per heavy atom. The van der Waals surface area contributed by atoms with Crippen molar-refractivity contribution in [2.45, 2.75) is 26.3 Å². The minimum Gasteiger partial charge on any atom is -0.480 e. The average molecular weight is 272 g/mol. The van der Waals surface area contributed by atoms with Crippen LogP contribution < -0.4 is 0 Å². The molecule has 0 bridgehead atoms. The van der Waals surface area contributed by atoms with Gasteiger partial charge in [-0.05, 0) is 19.9 Å². The van der Waals surface area contributed by atoms with E-state index in [2.05, 4.69) is 5.10 Å². The van der Waals surface area contributed by atoms with E-state index in [9.17, 15) is 14.7 Å². The molecule has 0 fully saturated rings. The summed E-state index contributed by atoms with van der Waals surface area (Å²) in [6.07, 6.45) is -0.110. The number of aryl methyl sites for hydroxylation is 2. The summed E-state index contributed by atoms with van der Waals surface area (Å²) in [6.45, 7) is 3.57. The molecule has 0 aliphatic heterocycles. The van der Waals surface area contributed by atoms with Crippen LogP contribution in [0.25, 0.3) is 0 Å². The Kier molecular flexibility index (Phi) is 3.98. The van der Waals surface area contributed by atoms with Crippen LogP contribution in [-0.2, 0) is 4.79 Å². The molecule has 5 nitrogen and oxygen atoms in total. The third-order valence-corrected chi connectivity index (χ3v) is 3.10. The lowest BCUT2D eigenvalue weighted by molar-refractivity contribution is -0.141. The van der Waals surface area contributed by atoms with Crippen LogP contribution in [-0.4, -0.2) is 26.6 Å². The molecule has 104 valence electrons. The largest absolute Gasteiger partial charge is 0.480 e. The highest BCUT2D eigenvalue weighted by molar-refractivity contribution is 5.98. The van der Waals surface area contributed by atoms with E-state index in [1.165, 1.54) is 4.68 Å². The van der Waals surface area contributed by atoms with Gasteiger partial charge in [0.2, 0.25) is 0 Å². The van der Waals surface area contributed by atoms with Gasteiger partial charge in [0.1, 0.15) is 0 Å². The summed E-state index contributed by atoms with van der Waals surface area (Å²) in [6, 6.07) is 9.51. The monoisotopic (exact) mass is 272 g/mol. The normalized spacial score (nSPS) is 12.1. The van der Waals surface area contributed by atoms with E-state index in [0.717, 1.165) is 11.4 Å². The number of carbonyl (C=O) groups excluding carboxylic acids is 1. The minimum atomic E-state index is -1.06. The van der Waals surface area contributed by atoms with Crippen LogP contribution in [0.5, 0.6) is 0 Å². The number of carboxylic acids is 1. The Bertz CT molecular complexity index is 632. The summed E-state index contributed by atoms with van der Waals surface area (Å²) < 4.78 is 1.40. The first kappa shape index (κ1) is 14.0. The predicted octanol–water partition coefficient (Wildman–Crippen LogP) is 2.40. The molecule has 0 aliphatic carbocycles. The number of aliphatic carboxylic acids is 1. The minimum absolute atomic E-state index is 0.110. The van der Waals surface area contributed by atoms with Gasteiger partial charge < -0.3 is 5.11 Å². The molecule has 1 aromatic heterocycles. The second-order valence-corrected chi connectivity index (χ2v) is 4.72. The molecule has 1 N–H and O–H groups in total. The average Bonchev–Trinajstić information content (AvgIpc) is 2.75. The van der Waals surface area contributed by atoms with Crippen LogP contribution in [0.3, 0.4) is 0 Å². The second kappa shape index (κ2) is 5.69. The summed E-state index contributed by atoms with van der Waals surface area (Å²) in [5.74, 6) is -1.26. The number of nitrogens with zero attached hydrogens (tertiary/aromatic N) is 2. The van der Waals surface area contributed by atoms with Crippen LogP contribution >= 0.6 is 0 Å². The molecule has 1 atom stereocenters. The maximum atomic E-state index is 12.1. The van der Waals surface area contributed by atoms with Crippen molar-refractivity contribution in [2.24, 2.45) is 0 Å². The van der Waals surface area contributed by atoms with Crippen LogP contribution in [0.1, 0.15) is 34.2 Å². The lowest BCUT2D eigenvalue weighted by Crippen LogP contribution is -2.24. The quantitative estimate of drug-likeness (QED) is 0.848. The summed E-state index contributed by atoms with van der Waals surface area (Å²) in [5.41, 5.74) is 1.98. The first-order valence-electron chi connectivity index (χ1n) is 6.33. The fourth-order valence-electron chi connectivity index (χ4n) is 2.16. The van der Waals surface area contributed by atoms with Gasteiger partial charge in [-0.2, -0.15) is 5.10 Å². The first-order valence-corrected chi connectivity index (χ1v) is 6.33.